The lowest BCUT2D eigenvalue weighted by Gasteiger charge is -2.41. The van der Waals surface area contributed by atoms with Gasteiger partial charge in [-0.05, 0) is 55.9 Å². The summed E-state index contributed by atoms with van der Waals surface area (Å²) < 4.78 is 19.0. The number of anilines is 2. The molecule has 0 saturated carbocycles. The Hall–Kier alpha value is -3.94. The summed E-state index contributed by atoms with van der Waals surface area (Å²) in [5.41, 5.74) is 3.06. The van der Waals surface area contributed by atoms with Crippen LogP contribution in [-0.2, 0) is 17.8 Å². The predicted octanol–water partition coefficient (Wildman–Crippen LogP) is 5.56. The van der Waals surface area contributed by atoms with Crippen molar-refractivity contribution in [2.24, 2.45) is 0 Å². The van der Waals surface area contributed by atoms with Gasteiger partial charge in [-0.3, -0.25) is 9.69 Å². The highest BCUT2D eigenvalue weighted by atomic mass is 35.5. The third kappa shape index (κ3) is 7.21. The van der Waals surface area contributed by atoms with Gasteiger partial charge >= 0.3 is 6.01 Å². The molecule has 0 N–H and O–H groups in total. The van der Waals surface area contributed by atoms with E-state index in [4.69, 9.17) is 32.9 Å². The topological polar surface area (TPSA) is 69.4 Å². The number of alkyl halides is 1. The first-order valence-electron chi connectivity index (χ1n) is 16.3. The summed E-state index contributed by atoms with van der Waals surface area (Å²) >= 11 is 6.71. The second kappa shape index (κ2) is 15.1. The number of piperazine rings is 1. The number of likely N-dealkylation sites (tertiary alicyclic amines) is 1. The van der Waals surface area contributed by atoms with Gasteiger partial charge in [0.1, 0.15) is 25.1 Å². The summed E-state index contributed by atoms with van der Waals surface area (Å²) in [6.07, 6.45) is 8.22. The summed E-state index contributed by atoms with van der Waals surface area (Å²) in [5.74, 6) is 0.546. The number of carbonyl (C=O) groups is 1. The van der Waals surface area contributed by atoms with E-state index >= 15 is 0 Å². The molecule has 11 heteroatoms. The second-order valence-corrected chi connectivity index (χ2v) is 12.6. The van der Waals surface area contributed by atoms with Crippen molar-refractivity contribution >= 4 is 39.8 Å². The number of aromatic nitrogens is 2. The van der Waals surface area contributed by atoms with Crippen LogP contribution < -0.4 is 14.5 Å². The van der Waals surface area contributed by atoms with Crippen LogP contribution in [0, 0.1) is 6.57 Å². The van der Waals surface area contributed by atoms with Crippen molar-refractivity contribution in [3.05, 3.63) is 76.2 Å². The van der Waals surface area contributed by atoms with Gasteiger partial charge < -0.3 is 24.3 Å². The van der Waals surface area contributed by atoms with Crippen LogP contribution in [0.4, 0.5) is 15.9 Å². The Morgan fingerprint density at radius 1 is 1.04 bits per heavy atom. The zero-order valence-electron chi connectivity index (χ0n) is 26.2. The first-order chi connectivity index (χ1) is 22.6. The molecule has 1 atom stereocenters. The van der Waals surface area contributed by atoms with Crippen molar-refractivity contribution < 1.29 is 13.9 Å². The van der Waals surface area contributed by atoms with Crippen molar-refractivity contribution in [3.63, 3.8) is 0 Å². The van der Waals surface area contributed by atoms with Crippen LogP contribution in [-0.4, -0.2) is 97.4 Å². The van der Waals surface area contributed by atoms with Gasteiger partial charge in [-0.2, -0.15) is 9.97 Å². The number of ether oxygens (including phenoxy) is 1. The highest BCUT2D eigenvalue weighted by Gasteiger charge is 2.35. The predicted molar refractivity (Wildman–Crippen MR) is 180 cm³/mol. The minimum atomic E-state index is -0.700. The van der Waals surface area contributed by atoms with E-state index in [1.54, 1.807) is 4.90 Å². The van der Waals surface area contributed by atoms with Gasteiger partial charge in [0.2, 0.25) is 12.5 Å². The maximum Gasteiger partial charge on any atom is 0.318 e. The fraction of sp³-hybridized carbons (Fsp3) is 0.486. The minimum absolute atomic E-state index is 0.161. The molecule has 0 unspecified atom stereocenters. The average molecular weight is 646 g/mol. The Balaban J connectivity index is 1.29. The van der Waals surface area contributed by atoms with E-state index in [0.717, 1.165) is 71.2 Å². The molecule has 2 aromatic carbocycles. The summed E-state index contributed by atoms with van der Waals surface area (Å²) in [4.78, 5) is 35.0. The molecule has 3 aliphatic heterocycles. The number of fused-ring (bicyclic) bond motifs is 2. The summed E-state index contributed by atoms with van der Waals surface area (Å²) in [6, 6.07) is 12.3. The first-order valence-corrected chi connectivity index (χ1v) is 16.7. The average Bonchev–Trinajstić information content (AvgIpc) is 3.35. The molecular weight excluding hydrogens is 605 g/mol. The molecule has 0 aliphatic carbocycles. The van der Waals surface area contributed by atoms with Crippen molar-refractivity contribution in [2.45, 2.75) is 44.7 Å². The molecule has 1 aromatic heterocycles. The van der Waals surface area contributed by atoms with Crippen molar-refractivity contribution in [2.75, 3.05) is 75.4 Å². The fourth-order valence-corrected chi connectivity index (χ4v) is 7.21. The van der Waals surface area contributed by atoms with E-state index in [-0.39, 0.29) is 18.5 Å². The molecule has 3 aliphatic rings. The molecule has 3 aromatic rings. The Bertz CT molecular complexity index is 1600. The van der Waals surface area contributed by atoms with Crippen LogP contribution in [0.3, 0.4) is 0 Å². The number of halogens is 2. The normalized spacial score (nSPS) is 19.2. The van der Waals surface area contributed by atoms with E-state index in [1.165, 1.54) is 37.8 Å². The third-order valence-electron chi connectivity index (χ3n) is 9.25. The molecule has 4 heterocycles. The molecule has 6 rings (SSSR count). The third-order valence-corrected chi connectivity index (χ3v) is 9.56. The Labute approximate surface area is 275 Å². The maximum atomic E-state index is 12.8. The second-order valence-electron chi connectivity index (χ2n) is 12.2. The van der Waals surface area contributed by atoms with Crippen LogP contribution in [0.5, 0.6) is 6.01 Å². The summed E-state index contributed by atoms with van der Waals surface area (Å²) in [5, 5.41) is 2.85. The smallest absolute Gasteiger partial charge is 0.318 e. The quantitative estimate of drug-likeness (QED) is 0.223. The number of benzene rings is 2. The van der Waals surface area contributed by atoms with Crippen molar-refractivity contribution in [1.82, 2.24) is 19.8 Å². The fourth-order valence-electron chi connectivity index (χ4n) is 6.93. The Morgan fingerprint density at radius 2 is 1.85 bits per heavy atom. The molecule has 9 nitrogen and oxygen atoms in total. The standard InChI is InChI=1S/C35H41ClFN7O2/c1-38-23-27-24-43(19-20-44(27)32(45)13-8-15-37)34-28-14-18-42(31-12-7-10-26-9-6-11-29(36)33(26)31)25-30(28)39-35(40-34)46-22-21-41-16-4-2-3-5-17-41/h6-13,27H,2-5,14-25H2/b13-8+/t27-/m0/s1. The van der Waals surface area contributed by atoms with Crippen LogP contribution in [0.2, 0.25) is 5.02 Å². The van der Waals surface area contributed by atoms with Crippen LogP contribution >= 0.6 is 11.6 Å². The largest absolute Gasteiger partial charge is 0.462 e. The first kappa shape index (κ1) is 32.0. The molecule has 2 saturated heterocycles. The highest BCUT2D eigenvalue weighted by Crippen LogP contribution is 2.37. The van der Waals surface area contributed by atoms with E-state index < -0.39 is 6.67 Å². The van der Waals surface area contributed by atoms with Gasteiger partial charge in [0.15, 0.2) is 0 Å². The highest BCUT2D eigenvalue weighted by molar-refractivity contribution is 6.36. The molecule has 0 radical (unpaired) electrons. The van der Waals surface area contributed by atoms with Crippen molar-refractivity contribution in [3.8, 4) is 6.01 Å². The van der Waals surface area contributed by atoms with E-state index in [0.29, 0.717) is 38.8 Å². The van der Waals surface area contributed by atoms with E-state index in [1.807, 2.05) is 12.1 Å². The number of hydrogen-bond donors (Lipinski definition) is 0. The molecule has 242 valence electrons. The van der Waals surface area contributed by atoms with E-state index in [2.05, 4.69) is 43.8 Å². The van der Waals surface area contributed by atoms with E-state index in [9.17, 15) is 9.18 Å². The van der Waals surface area contributed by atoms with Gasteiger partial charge in [0.25, 0.3) is 0 Å². The lowest BCUT2D eigenvalue weighted by molar-refractivity contribution is -0.128. The maximum absolute atomic E-state index is 12.8. The molecule has 0 bridgehead atoms. The lowest BCUT2D eigenvalue weighted by atomic mass is 10.0. The number of rotatable bonds is 9. The number of allylic oxidation sites excluding steroid dienone is 1. The molecule has 0 spiro atoms. The van der Waals surface area contributed by atoms with Crippen molar-refractivity contribution in [1.29, 1.82) is 0 Å². The van der Waals surface area contributed by atoms with Crippen LogP contribution in [0.15, 0.2) is 48.6 Å². The monoisotopic (exact) mass is 645 g/mol. The number of amides is 1. The molecule has 1 amide bonds. The van der Waals surface area contributed by atoms with Gasteiger partial charge in [-0.1, -0.05) is 48.7 Å². The number of nitrogens with zero attached hydrogens (tertiary/aromatic N) is 7. The Kier molecular flexibility index (Phi) is 10.5. The zero-order chi connectivity index (χ0) is 31.9. The zero-order valence-corrected chi connectivity index (χ0v) is 27.0. The minimum Gasteiger partial charge on any atom is -0.462 e. The van der Waals surface area contributed by atoms with Gasteiger partial charge in [0, 0.05) is 55.4 Å². The Morgan fingerprint density at radius 3 is 2.63 bits per heavy atom. The van der Waals surface area contributed by atoms with Crippen LogP contribution in [0.1, 0.15) is 36.9 Å². The molecular formula is C35H41ClFN7O2. The van der Waals surface area contributed by atoms with Gasteiger partial charge in [-0.25, -0.2) is 11.0 Å². The van der Waals surface area contributed by atoms with Crippen LogP contribution in [0.25, 0.3) is 15.6 Å². The van der Waals surface area contributed by atoms with Gasteiger partial charge in [-0.15, -0.1) is 0 Å². The number of hydrogen-bond acceptors (Lipinski definition) is 7. The lowest BCUT2D eigenvalue weighted by Crippen LogP contribution is -2.56. The molecule has 46 heavy (non-hydrogen) atoms. The number of carbonyl (C=O) groups excluding carboxylic acids is 1. The summed E-state index contributed by atoms with van der Waals surface area (Å²) in [6.45, 7) is 13.3. The summed E-state index contributed by atoms with van der Waals surface area (Å²) in [7, 11) is 0. The van der Waals surface area contributed by atoms with Gasteiger partial charge in [0.05, 0.1) is 17.3 Å². The molecule has 2 fully saturated rings. The SMILES string of the molecule is [C-]#[N+]C[C@H]1CN(c2nc(OCCN3CCCCCC3)nc3c2CCN(c2cccc4cccc(Cl)c24)C3)CCN1C(=O)/C=C/CF.